The summed E-state index contributed by atoms with van der Waals surface area (Å²) < 4.78 is 1.76. The van der Waals surface area contributed by atoms with Crippen LogP contribution in [-0.4, -0.2) is 33.8 Å². The van der Waals surface area contributed by atoms with Gasteiger partial charge in [-0.05, 0) is 75.9 Å². The summed E-state index contributed by atoms with van der Waals surface area (Å²) in [7, 11) is 0. The predicted octanol–water partition coefficient (Wildman–Crippen LogP) is 2.78. The molecule has 2 fully saturated rings. The average molecular weight is 315 g/mol. The van der Waals surface area contributed by atoms with Gasteiger partial charge in [-0.25, -0.2) is 4.68 Å². The number of aromatic nitrogens is 2. The molecular weight excluding hydrogens is 286 g/mol. The van der Waals surface area contributed by atoms with Crippen LogP contribution in [0.5, 0.6) is 0 Å². The lowest BCUT2D eigenvalue weighted by Crippen LogP contribution is -2.41. The summed E-state index contributed by atoms with van der Waals surface area (Å²) in [4.78, 5) is 15.0. The normalized spacial score (nSPS) is 24.0. The molecular formula is C19H29N3O. The number of hydrogen-bond acceptors (Lipinski definition) is 3. The van der Waals surface area contributed by atoms with Gasteiger partial charge in [-0.3, -0.25) is 4.79 Å². The lowest BCUT2D eigenvalue weighted by Gasteiger charge is -2.36. The molecule has 126 valence electrons. The van der Waals surface area contributed by atoms with E-state index in [1.54, 1.807) is 4.68 Å². The Labute approximate surface area is 138 Å². The van der Waals surface area contributed by atoms with E-state index in [4.69, 9.17) is 5.10 Å². The quantitative estimate of drug-likeness (QED) is 0.861. The highest BCUT2D eigenvalue weighted by atomic mass is 16.1. The highest BCUT2D eigenvalue weighted by Gasteiger charge is 2.27. The minimum atomic E-state index is 0.115. The third-order valence-electron chi connectivity index (χ3n) is 6.20. The third kappa shape index (κ3) is 3.37. The molecule has 0 atom stereocenters. The Morgan fingerprint density at radius 1 is 1.00 bits per heavy atom. The SMILES string of the molecule is O=c1cc2c(nn1CC1CCN(C3CCCC3)CC1)CCCC2. The Morgan fingerprint density at radius 3 is 2.52 bits per heavy atom. The summed E-state index contributed by atoms with van der Waals surface area (Å²) in [5, 5.41) is 4.69. The van der Waals surface area contributed by atoms with Gasteiger partial charge in [0.25, 0.3) is 5.56 Å². The van der Waals surface area contributed by atoms with Crippen molar-refractivity contribution in [1.29, 1.82) is 0 Å². The van der Waals surface area contributed by atoms with E-state index in [2.05, 4.69) is 4.90 Å². The number of rotatable bonds is 3. The smallest absolute Gasteiger partial charge is 0.267 e. The summed E-state index contributed by atoms with van der Waals surface area (Å²) >= 11 is 0. The van der Waals surface area contributed by atoms with Crippen molar-refractivity contribution in [2.24, 2.45) is 5.92 Å². The molecule has 1 saturated carbocycles. The molecule has 0 aromatic carbocycles. The number of likely N-dealkylation sites (tertiary alicyclic amines) is 1. The maximum Gasteiger partial charge on any atom is 0.267 e. The molecule has 0 N–H and O–H groups in total. The lowest BCUT2D eigenvalue weighted by molar-refractivity contribution is 0.125. The summed E-state index contributed by atoms with van der Waals surface area (Å²) in [6, 6.07) is 2.70. The van der Waals surface area contributed by atoms with Crippen LogP contribution in [-0.2, 0) is 19.4 Å². The first-order valence-electron chi connectivity index (χ1n) is 9.63. The molecule has 3 aliphatic rings. The Bertz CT molecular complexity index is 595. The Hall–Kier alpha value is -1.16. The molecule has 1 aromatic heterocycles. The molecule has 1 saturated heterocycles. The van der Waals surface area contributed by atoms with Crippen molar-refractivity contribution in [3.8, 4) is 0 Å². The van der Waals surface area contributed by atoms with E-state index in [9.17, 15) is 4.79 Å². The zero-order chi connectivity index (χ0) is 15.6. The van der Waals surface area contributed by atoms with Gasteiger partial charge in [-0.15, -0.1) is 0 Å². The van der Waals surface area contributed by atoms with Crippen LogP contribution in [0.4, 0.5) is 0 Å². The number of nitrogens with zero attached hydrogens (tertiary/aromatic N) is 3. The molecule has 1 aromatic rings. The molecule has 0 radical (unpaired) electrons. The van der Waals surface area contributed by atoms with E-state index >= 15 is 0 Å². The summed E-state index contributed by atoms with van der Waals surface area (Å²) in [5.74, 6) is 0.625. The molecule has 4 rings (SSSR count). The predicted molar refractivity (Wildman–Crippen MR) is 91.7 cm³/mol. The number of fused-ring (bicyclic) bond motifs is 1. The zero-order valence-electron chi connectivity index (χ0n) is 14.2. The minimum absolute atomic E-state index is 0.115. The highest BCUT2D eigenvalue weighted by molar-refractivity contribution is 5.20. The first kappa shape index (κ1) is 15.4. The van der Waals surface area contributed by atoms with Crippen LogP contribution >= 0.6 is 0 Å². The van der Waals surface area contributed by atoms with Crippen LogP contribution in [0.15, 0.2) is 10.9 Å². The van der Waals surface area contributed by atoms with Crippen molar-refractivity contribution in [3.05, 3.63) is 27.7 Å². The van der Waals surface area contributed by atoms with Crippen LogP contribution in [0.3, 0.4) is 0 Å². The topological polar surface area (TPSA) is 38.1 Å². The fourth-order valence-corrected chi connectivity index (χ4v) is 4.75. The maximum atomic E-state index is 12.3. The van der Waals surface area contributed by atoms with Gasteiger partial charge < -0.3 is 4.90 Å². The number of aryl methyl sites for hydroxylation is 2. The minimum Gasteiger partial charge on any atom is -0.300 e. The highest BCUT2D eigenvalue weighted by Crippen LogP contribution is 2.28. The molecule has 2 aliphatic carbocycles. The Morgan fingerprint density at radius 2 is 1.74 bits per heavy atom. The fourth-order valence-electron chi connectivity index (χ4n) is 4.75. The molecule has 2 heterocycles. The number of piperidine rings is 1. The fraction of sp³-hybridized carbons (Fsp3) is 0.789. The van der Waals surface area contributed by atoms with E-state index in [1.807, 2.05) is 6.07 Å². The third-order valence-corrected chi connectivity index (χ3v) is 6.20. The maximum absolute atomic E-state index is 12.3. The van der Waals surface area contributed by atoms with Gasteiger partial charge in [0.05, 0.1) is 5.69 Å². The second-order valence-electron chi connectivity index (χ2n) is 7.76. The Kier molecular flexibility index (Phi) is 4.52. The molecule has 23 heavy (non-hydrogen) atoms. The monoisotopic (exact) mass is 315 g/mol. The molecule has 0 spiro atoms. The van der Waals surface area contributed by atoms with E-state index in [0.29, 0.717) is 5.92 Å². The number of hydrogen-bond donors (Lipinski definition) is 0. The van der Waals surface area contributed by atoms with Crippen molar-refractivity contribution in [3.63, 3.8) is 0 Å². The first-order valence-corrected chi connectivity index (χ1v) is 9.63. The second-order valence-corrected chi connectivity index (χ2v) is 7.76. The van der Waals surface area contributed by atoms with Crippen molar-refractivity contribution >= 4 is 0 Å². The summed E-state index contributed by atoms with van der Waals surface area (Å²) in [6.07, 6.45) is 12.6. The summed E-state index contributed by atoms with van der Waals surface area (Å²) in [6.45, 7) is 3.26. The Balaban J connectivity index is 1.38. The lowest BCUT2D eigenvalue weighted by atomic mass is 9.95. The molecule has 4 heteroatoms. The van der Waals surface area contributed by atoms with Crippen LogP contribution in [0.25, 0.3) is 0 Å². The van der Waals surface area contributed by atoms with Crippen LogP contribution in [0, 0.1) is 5.92 Å². The van der Waals surface area contributed by atoms with Gasteiger partial charge in [-0.1, -0.05) is 12.8 Å². The molecule has 0 unspecified atom stereocenters. The molecule has 4 nitrogen and oxygen atoms in total. The molecule has 0 bridgehead atoms. The van der Waals surface area contributed by atoms with Crippen molar-refractivity contribution in [2.45, 2.75) is 76.8 Å². The van der Waals surface area contributed by atoms with Crippen LogP contribution < -0.4 is 5.56 Å². The van der Waals surface area contributed by atoms with Crippen LogP contribution in [0.1, 0.15) is 62.6 Å². The van der Waals surface area contributed by atoms with Crippen LogP contribution in [0.2, 0.25) is 0 Å². The standard InChI is InChI=1S/C19H29N3O/c23-19-13-16-5-1-4-8-18(16)20-22(19)14-15-9-11-21(12-10-15)17-6-2-3-7-17/h13,15,17H,1-12,14H2. The first-order chi connectivity index (χ1) is 11.3. The van der Waals surface area contributed by atoms with Gasteiger partial charge in [0.2, 0.25) is 0 Å². The van der Waals surface area contributed by atoms with E-state index in [-0.39, 0.29) is 5.56 Å². The van der Waals surface area contributed by atoms with Gasteiger partial charge in [-0.2, -0.15) is 5.10 Å². The van der Waals surface area contributed by atoms with Crippen molar-refractivity contribution < 1.29 is 0 Å². The van der Waals surface area contributed by atoms with E-state index in [1.165, 1.54) is 75.7 Å². The average Bonchev–Trinajstić information content (AvgIpc) is 3.11. The van der Waals surface area contributed by atoms with Gasteiger partial charge in [0.15, 0.2) is 0 Å². The zero-order valence-corrected chi connectivity index (χ0v) is 14.2. The molecule has 1 aliphatic heterocycles. The van der Waals surface area contributed by atoms with Gasteiger partial charge >= 0.3 is 0 Å². The van der Waals surface area contributed by atoms with Crippen molar-refractivity contribution in [1.82, 2.24) is 14.7 Å². The van der Waals surface area contributed by atoms with E-state index < -0.39 is 0 Å². The second kappa shape index (κ2) is 6.76. The van der Waals surface area contributed by atoms with E-state index in [0.717, 1.165) is 25.4 Å². The van der Waals surface area contributed by atoms with Gasteiger partial charge in [0.1, 0.15) is 0 Å². The van der Waals surface area contributed by atoms with Crippen molar-refractivity contribution in [2.75, 3.05) is 13.1 Å². The summed E-state index contributed by atoms with van der Waals surface area (Å²) in [5.41, 5.74) is 2.50. The van der Waals surface area contributed by atoms with Gasteiger partial charge in [0, 0.05) is 18.7 Å². The molecule has 0 amide bonds. The largest absolute Gasteiger partial charge is 0.300 e.